The lowest BCUT2D eigenvalue weighted by Gasteiger charge is -2.05. The van der Waals surface area contributed by atoms with E-state index >= 15 is 0 Å². The van der Waals surface area contributed by atoms with Crippen molar-refractivity contribution in [2.45, 2.75) is 6.92 Å². The topological polar surface area (TPSA) is 50.2 Å². The normalized spacial score (nSPS) is 10.4. The van der Waals surface area contributed by atoms with Gasteiger partial charge in [0, 0.05) is 17.3 Å². The second kappa shape index (κ2) is 5.82. The summed E-state index contributed by atoms with van der Waals surface area (Å²) in [5.41, 5.74) is 3.73. The van der Waals surface area contributed by atoms with E-state index in [-0.39, 0.29) is 17.1 Å². The summed E-state index contributed by atoms with van der Waals surface area (Å²) < 4.78 is 0. The Kier molecular flexibility index (Phi) is 3.71. The summed E-state index contributed by atoms with van der Waals surface area (Å²) in [6.07, 6.45) is 1.55. The van der Waals surface area contributed by atoms with Crippen LogP contribution in [-0.2, 0) is 0 Å². The maximum absolute atomic E-state index is 12.4. The van der Waals surface area contributed by atoms with Crippen LogP contribution in [-0.4, -0.2) is 15.9 Å². The third kappa shape index (κ3) is 2.74. The largest absolute Gasteiger partial charge is 0.507 e. The van der Waals surface area contributed by atoms with E-state index in [1.807, 2.05) is 37.3 Å². The van der Waals surface area contributed by atoms with Crippen molar-refractivity contribution < 1.29 is 9.90 Å². The highest BCUT2D eigenvalue weighted by molar-refractivity contribution is 6.10. The van der Waals surface area contributed by atoms with E-state index in [1.54, 1.807) is 30.5 Å². The minimum absolute atomic E-state index is 0.0183. The summed E-state index contributed by atoms with van der Waals surface area (Å²) in [6.45, 7) is 2.03. The Morgan fingerprint density at radius 2 is 1.82 bits per heavy atom. The number of phenols is 1. The van der Waals surface area contributed by atoms with Crippen molar-refractivity contribution in [3.8, 4) is 17.0 Å². The number of nitrogens with zero attached hydrogens (tertiary/aromatic N) is 1. The van der Waals surface area contributed by atoms with E-state index in [0.29, 0.717) is 5.56 Å². The summed E-state index contributed by atoms with van der Waals surface area (Å²) >= 11 is 0. The molecule has 1 aromatic heterocycles. The van der Waals surface area contributed by atoms with Crippen LogP contribution in [0.2, 0.25) is 0 Å². The monoisotopic (exact) mass is 289 g/mol. The molecular weight excluding hydrogens is 274 g/mol. The lowest BCUT2D eigenvalue weighted by molar-refractivity contribution is 0.103. The number of benzene rings is 2. The molecule has 0 aliphatic heterocycles. The summed E-state index contributed by atoms with van der Waals surface area (Å²) in [6, 6.07) is 18.1. The molecule has 2 aromatic carbocycles. The van der Waals surface area contributed by atoms with Gasteiger partial charge >= 0.3 is 0 Å². The number of phenolic OH excluding ortho intramolecular Hbond substituents is 1. The number of hydrogen-bond acceptors (Lipinski definition) is 3. The standard InChI is InChI=1S/C19H15NO2/c1-13-5-4-6-14(11-13)17-10-9-15(12-20-17)19(22)16-7-2-3-8-18(16)21/h2-12,21H,1H3. The molecule has 0 bridgehead atoms. The highest BCUT2D eigenvalue weighted by Gasteiger charge is 2.13. The molecule has 0 atom stereocenters. The number of hydrogen-bond donors (Lipinski definition) is 1. The lowest BCUT2D eigenvalue weighted by atomic mass is 10.0. The number of ketones is 1. The molecule has 3 heteroatoms. The molecule has 0 saturated heterocycles. The maximum Gasteiger partial charge on any atom is 0.198 e. The van der Waals surface area contributed by atoms with Gasteiger partial charge in [-0.05, 0) is 37.3 Å². The summed E-state index contributed by atoms with van der Waals surface area (Å²) in [5.74, 6) is -0.253. The molecule has 1 N–H and O–H groups in total. The fraction of sp³-hybridized carbons (Fsp3) is 0.0526. The summed E-state index contributed by atoms with van der Waals surface area (Å²) in [4.78, 5) is 16.7. The van der Waals surface area contributed by atoms with Crippen LogP contribution in [0, 0.1) is 6.92 Å². The quantitative estimate of drug-likeness (QED) is 0.742. The average molecular weight is 289 g/mol. The van der Waals surface area contributed by atoms with Gasteiger partial charge in [0.15, 0.2) is 5.78 Å². The maximum atomic E-state index is 12.4. The molecule has 0 fully saturated rings. The van der Waals surface area contributed by atoms with Gasteiger partial charge in [0.25, 0.3) is 0 Å². The van der Waals surface area contributed by atoms with Crippen molar-refractivity contribution in [3.63, 3.8) is 0 Å². The molecule has 0 unspecified atom stereocenters. The van der Waals surface area contributed by atoms with Crippen molar-refractivity contribution in [2.24, 2.45) is 0 Å². The van der Waals surface area contributed by atoms with Crippen LogP contribution < -0.4 is 0 Å². The number of pyridine rings is 1. The average Bonchev–Trinajstić information content (AvgIpc) is 2.55. The summed E-state index contributed by atoms with van der Waals surface area (Å²) in [7, 11) is 0. The molecule has 0 amide bonds. The number of rotatable bonds is 3. The first-order valence-electron chi connectivity index (χ1n) is 7.01. The fourth-order valence-corrected chi connectivity index (χ4v) is 2.32. The molecule has 22 heavy (non-hydrogen) atoms. The number of aromatic nitrogens is 1. The third-order valence-corrected chi connectivity index (χ3v) is 3.49. The minimum Gasteiger partial charge on any atom is -0.507 e. The zero-order valence-corrected chi connectivity index (χ0v) is 12.2. The van der Waals surface area contributed by atoms with Crippen LogP contribution in [0.15, 0.2) is 66.9 Å². The molecule has 1 heterocycles. The molecule has 108 valence electrons. The highest BCUT2D eigenvalue weighted by Crippen LogP contribution is 2.22. The number of carbonyl (C=O) groups excluding carboxylic acids is 1. The molecule has 0 radical (unpaired) electrons. The van der Waals surface area contributed by atoms with Gasteiger partial charge in [0.1, 0.15) is 5.75 Å². The van der Waals surface area contributed by atoms with Crippen molar-refractivity contribution in [2.75, 3.05) is 0 Å². The van der Waals surface area contributed by atoms with Gasteiger partial charge < -0.3 is 5.11 Å². The van der Waals surface area contributed by atoms with Crippen LogP contribution in [0.25, 0.3) is 11.3 Å². The zero-order valence-electron chi connectivity index (χ0n) is 12.2. The van der Waals surface area contributed by atoms with Crippen molar-refractivity contribution in [1.82, 2.24) is 4.98 Å². The molecule has 0 aliphatic carbocycles. The van der Waals surface area contributed by atoms with E-state index < -0.39 is 0 Å². The van der Waals surface area contributed by atoms with Gasteiger partial charge in [0.2, 0.25) is 0 Å². The Balaban J connectivity index is 1.92. The summed E-state index contributed by atoms with van der Waals surface area (Å²) in [5, 5.41) is 9.76. The van der Waals surface area contributed by atoms with Gasteiger partial charge in [-0.2, -0.15) is 0 Å². The second-order valence-electron chi connectivity index (χ2n) is 5.15. The fourth-order valence-electron chi connectivity index (χ4n) is 2.32. The van der Waals surface area contributed by atoms with Crippen LogP contribution >= 0.6 is 0 Å². The Bertz CT molecular complexity index is 823. The third-order valence-electron chi connectivity index (χ3n) is 3.49. The van der Waals surface area contributed by atoms with E-state index in [2.05, 4.69) is 4.98 Å². The first kappa shape index (κ1) is 14.0. The van der Waals surface area contributed by atoms with Crippen molar-refractivity contribution in [1.29, 1.82) is 0 Å². The molecule has 3 aromatic rings. The first-order chi connectivity index (χ1) is 10.6. The Morgan fingerprint density at radius 3 is 2.50 bits per heavy atom. The molecule has 3 nitrogen and oxygen atoms in total. The van der Waals surface area contributed by atoms with E-state index in [9.17, 15) is 9.90 Å². The highest BCUT2D eigenvalue weighted by atomic mass is 16.3. The van der Waals surface area contributed by atoms with Gasteiger partial charge in [-0.3, -0.25) is 9.78 Å². The number of para-hydroxylation sites is 1. The Labute approximate surface area is 128 Å². The minimum atomic E-state index is -0.235. The van der Waals surface area contributed by atoms with Crippen LogP contribution in [0.4, 0.5) is 0 Å². The van der Waals surface area contributed by atoms with Gasteiger partial charge in [-0.25, -0.2) is 0 Å². The van der Waals surface area contributed by atoms with Crippen molar-refractivity contribution in [3.05, 3.63) is 83.6 Å². The predicted molar refractivity (Wildman–Crippen MR) is 85.9 cm³/mol. The smallest absolute Gasteiger partial charge is 0.198 e. The van der Waals surface area contributed by atoms with E-state index in [1.165, 1.54) is 6.07 Å². The van der Waals surface area contributed by atoms with Crippen molar-refractivity contribution >= 4 is 5.78 Å². The van der Waals surface area contributed by atoms with Gasteiger partial charge in [0.05, 0.1) is 11.3 Å². The van der Waals surface area contributed by atoms with Gasteiger partial charge in [-0.15, -0.1) is 0 Å². The number of aromatic hydroxyl groups is 1. The molecule has 0 saturated carbocycles. The van der Waals surface area contributed by atoms with Crippen LogP contribution in [0.3, 0.4) is 0 Å². The predicted octanol–water partition coefficient (Wildman–Crippen LogP) is 3.99. The first-order valence-corrected chi connectivity index (χ1v) is 7.01. The molecule has 3 rings (SSSR count). The molecule has 0 spiro atoms. The van der Waals surface area contributed by atoms with E-state index in [4.69, 9.17) is 0 Å². The Morgan fingerprint density at radius 1 is 1.00 bits per heavy atom. The lowest BCUT2D eigenvalue weighted by Crippen LogP contribution is -2.02. The van der Waals surface area contributed by atoms with Crippen LogP contribution in [0.1, 0.15) is 21.5 Å². The van der Waals surface area contributed by atoms with E-state index in [0.717, 1.165) is 16.8 Å². The second-order valence-corrected chi connectivity index (χ2v) is 5.15. The molecule has 0 aliphatic rings. The zero-order chi connectivity index (χ0) is 15.5. The SMILES string of the molecule is Cc1cccc(-c2ccc(C(=O)c3ccccc3O)cn2)c1. The molecular formula is C19H15NO2. The Hall–Kier alpha value is -2.94. The van der Waals surface area contributed by atoms with Gasteiger partial charge in [-0.1, -0.05) is 35.9 Å². The van der Waals surface area contributed by atoms with Crippen LogP contribution in [0.5, 0.6) is 5.75 Å². The number of aryl methyl sites for hydroxylation is 1. The number of carbonyl (C=O) groups is 1.